The molecule has 2 aromatic rings. The quantitative estimate of drug-likeness (QED) is 0.371. The molecule has 3 aliphatic heterocycles. The van der Waals surface area contributed by atoms with E-state index in [0.29, 0.717) is 51.5 Å². The van der Waals surface area contributed by atoms with Gasteiger partial charge in [0.05, 0.1) is 19.1 Å². The van der Waals surface area contributed by atoms with Gasteiger partial charge in [0.2, 0.25) is 11.8 Å². The highest BCUT2D eigenvalue weighted by molar-refractivity contribution is 7.09. The first-order valence-corrected chi connectivity index (χ1v) is 19.1. The Hall–Kier alpha value is -4.33. The minimum atomic E-state index is -0.949. The van der Waals surface area contributed by atoms with E-state index in [2.05, 4.69) is 10.6 Å². The summed E-state index contributed by atoms with van der Waals surface area (Å²) in [4.78, 5) is 65.4. The van der Waals surface area contributed by atoms with Crippen LogP contribution in [0.2, 0.25) is 0 Å². The summed E-state index contributed by atoms with van der Waals surface area (Å²) in [6, 6.07) is 12.3. The van der Waals surface area contributed by atoms with Crippen LogP contribution in [0.3, 0.4) is 0 Å². The molecule has 4 atom stereocenters. The number of amidine groups is 1. The number of hydrogen-bond donors (Lipinski definition) is 2. The number of nitrogens with zero attached hydrogens (tertiary/aromatic N) is 4. The van der Waals surface area contributed by atoms with Gasteiger partial charge < -0.3 is 39.5 Å². The van der Waals surface area contributed by atoms with E-state index in [1.165, 1.54) is 11.3 Å². The van der Waals surface area contributed by atoms with Crippen LogP contribution in [0.4, 0.5) is 9.59 Å². The van der Waals surface area contributed by atoms with Crippen molar-refractivity contribution in [3.05, 3.63) is 58.3 Å². The number of thiophene rings is 1. The maximum absolute atomic E-state index is 14.6. The molecule has 0 aliphatic carbocycles. The van der Waals surface area contributed by atoms with E-state index in [-0.39, 0.29) is 49.1 Å². The normalized spacial score (nSPS) is 21.9. The predicted octanol–water partition coefficient (Wildman–Crippen LogP) is 5.32. The largest absolute Gasteiger partial charge is 0.455 e. The van der Waals surface area contributed by atoms with Gasteiger partial charge in [-0.15, -0.1) is 11.3 Å². The first kappa shape index (κ1) is 38.9. The molecule has 1 aromatic heterocycles. The van der Waals surface area contributed by atoms with Gasteiger partial charge in [-0.25, -0.2) is 14.6 Å². The summed E-state index contributed by atoms with van der Waals surface area (Å²) < 4.78 is 17.5. The number of aliphatic imine (C=N–C) groups is 1. The van der Waals surface area contributed by atoms with Gasteiger partial charge in [0.1, 0.15) is 29.4 Å². The Balaban J connectivity index is 1.33. The standard InChI is InChI=1S/C38H54N6O7S/c1-25-31(27-12-9-8-10-13-27)49-34(40-25)43-19-20-44(30(24-43)32(45)39-23-28-14-11-21-52-28)33(46)29(41-35(47)50-37(2,3)4)22-26-15-17-42(18-16-26)36(48)51-38(5,6)7/h8-14,21,25-26,29-31H,15-20,22-24H2,1-7H3,(H,39,45)(H,41,47)/t25-,29?,30-,31+/m0/s1. The number of piperazine rings is 1. The lowest BCUT2D eigenvalue weighted by atomic mass is 9.89. The number of hydrogen-bond acceptors (Lipinski definition) is 10. The predicted molar refractivity (Wildman–Crippen MR) is 199 cm³/mol. The second-order valence-corrected chi connectivity index (χ2v) is 16.8. The Bertz CT molecular complexity index is 1560. The van der Waals surface area contributed by atoms with E-state index in [1.54, 1.807) is 30.6 Å². The van der Waals surface area contributed by atoms with Gasteiger partial charge in [-0.3, -0.25) is 9.59 Å². The van der Waals surface area contributed by atoms with Crippen molar-refractivity contribution in [3.8, 4) is 0 Å². The molecule has 4 amide bonds. The number of alkyl carbamates (subject to hydrolysis) is 1. The molecule has 284 valence electrons. The molecule has 52 heavy (non-hydrogen) atoms. The minimum Gasteiger partial charge on any atom is -0.455 e. The summed E-state index contributed by atoms with van der Waals surface area (Å²) in [5.74, 6) is -0.631. The van der Waals surface area contributed by atoms with Crippen LogP contribution in [-0.4, -0.2) is 107 Å². The summed E-state index contributed by atoms with van der Waals surface area (Å²) >= 11 is 1.54. The van der Waals surface area contributed by atoms with E-state index in [1.807, 2.05) is 80.4 Å². The van der Waals surface area contributed by atoms with Crippen LogP contribution in [0.1, 0.15) is 84.3 Å². The Kier molecular flexibility index (Phi) is 12.4. The highest BCUT2D eigenvalue weighted by Crippen LogP contribution is 2.31. The van der Waals surface area contributed by atoms with Crippen molar-refractivity contribution < 1.29 is 33.4 Å². The summed E-state index contributed by atoms with van der Waals surface area (Å²) in [5, 5.41) is 7.82. The van der Waals surface area contributed by atoms with Crippen LogP contribution < -0.4 is 10.6 Å². The van der Waals surface area contributed by atoms with Gasteiger partial charge in [0.15, 0.2) is 0 Å². The lowest BCUT2D eigenvalue weighted by Crippen LogP contribution is -2.64. The number of likely N-dealkylation sites (tertiary alicyclic amines) is 1. The Morgan fingerprint density at radius 1 is 0.942 bits per heavy atom. The molecule has 4 heterocycles. The molecule has 5 rings (SSSR count). The average molecular weight is 739 g/mol. The van der Waals surface area contributed by atoms with Gasteiger partial charge in [-0.1, -0.05) is 36.4 Å². The summed E-state index contributed by atoms with van der Waals surface area (Å²) in [6.45, 7) is 14.9. The smallest absolute Gasteiger partial charge is 0.410 e. The molecule has 0 spiro atoms. The Morgan fingerprint density at radius 2 is 1.63 bits per heavy atom. The zero-order valence-corrected chi connectivity index (χ0v) is 32.2. The third-order valence-electron chi connectivity index (χ3n) is 9.19. The van der Waals surface area contributed by atoms with Crippen LogP contribution in [0.25, 0.3) is 0 Å². The first-order valence-electron chi connectivity index (χ1n) is 18.2. The van der Waals surface area contributed by atoms with E-state index < -0.39 is 29.4 Å². The zero-order valence-electron chi connectivity index (χ0n) is 31.4. The fraction of sp³-hybridized carbons (Fsp3) is 0.605. The number of ether oxygens (including phenoxy) is 3. The molecule has 0 bridgehead atoms. The first-order chi connectivity index (χ1) is 24.6. The van der Waals surface area contributed by atoms with E-state index in [4.69, 9.17) is 19.2 Å². The number of rotatable bonds is 8. The van der Waals surface area contributed by atoms with Crippen molar-refractivity contribution in [1.29, 1.82) is 0 Å². The highest BCUT2D eigenvalue weighted by atomic mass is 32.1. The maximum Gasteiger partial charge on any atom is 0.410 e. The number of carbonyl (C=O) groups is 4. The average Bonchev–Trinajstić information content (AvgIpc) is 3.75. The van der Waals surface area contributed by atoms with Gasteiger partial charge in [-0.05, 0) is 90.7 Å². The van der Waals surface area contributed by atoms with E-state index in [0.717, 1.165) is 10.4 Å². The lowest BCUT2D eigenvalue weighted by molar-refractivity contribution is -0.145. The Morgan fingerprint density at radius 3 is 2.27 bits per heavy atom. The van der Waals surface area contributed by atoms with Crippen molar-refractivity contribution in [2.45, 2.75) is 110 Å². The summed E-state index contributed by atoms with van der Waals surface area (Å²) in [7, 11) is 0. The molecule has 0 saturated carbocycles. The fourth-order valence-electron chi connectivity index (χ4n) is 6.66. The SMILES string of the molecule is C[C@@H]1N=C(N2CCN(C(=O)C(CC3CCN(C(=O)OC(C)(C)C)CC3)NC(=O)OC(C)(C)C)[C@H](C(=O)NCc3cccs3)C2)O[C@H]1c1ccccc1. The number of amides is 4. The van der Waals surface area contributed by atoms with Gasteiger partial charge in [-0.2, -0.15) is 0 Å². The van der Waals surface area contributed by atoms with Crippen molar-refractivity contribution in [1.82, 2.24) is 25.3 Å². The number of carbonyl (C=O) groups excluding carboxylic acids is 4. The topological polar surface area (TPSA) is 142 Å². The Labute approximate surface area is 311 Å². The number of benzene rings is 1. The molecule has 3 aliphatic rings. The number of nitrogens with one attached hydrogen (secondary N) is 2. The molecule has 1 aromatic carbocycles. The van der Waals surface area contributed by atoms with Crippen molar-refractivity contribution >= 4 is 41.4 Å². The van der Waals surface area contributed by atoms with Gasteiger partial charge >= 0.3 is 12.2 Å². The second kappa shape index (κ2) is 16.6. The fourth-order valence-corrected chi connectivity index (χ4v) is 7.31. The minimum absolute atomic E-state index is 0.0348. The molecule has 1 unspecified atom stereocenters. The third kappa shape index (κ3) is 10.6. The van der Waals surface area contributed by atoms with Crippen molar-refractivity contribution in [3.63, 3.8) is 0 Å². The zero-order chi connectivity index (χ0) is 37.6. The van der Waals surface area contributed by atoms with Crippen LogP contribution in [0.15, 0.2) is 52.8 Å². The molecule has 2 saturated heterocycles. The third-order valence-corrected chi connectivity index (χ3v) is 10.1. The summed E-state index contributed by atoms with van der Waals surface area (Å²) in [5.41, 5.74) is -0.360. The van der Waals surface area contributed by atoms with Crippen LogP contribution >= 0.6 is 11.3 Å². The molecular formula is C38H54N6O7S. The molecule has 14 heteroatoms. The molecular weight excluding hydrogens is 685 g/mol. The summed E-state index contributed by atoms with van der Waals surface area (Å²) in [6.07, 6.45) is 0.274. The van der Waals surface area contributed by atoms with Crippen molar-refractivity contribution in [2.24, 2.45) is 10.9 Å². The highest BCUT2D eigenvalue weighted by Gasteiger charge is 2.43. The number of piperidine rings is 1. The molecule has 13 nitrogen and oxygen atoms in total. The van der Waals surface area contributed by atoms with Crippen LogP contribution in [-0.2, 0) is 30.3 Å². The van der Waals surface area contributed by atoms with E-state index in [9.17, 15) is 19.2 Å². The van der Waals surface area contributed by atoms with E-state index >= 15 is 0 Å². The van der Waals surface area contributed by atoms with Gasteiger partial charge in [0, 0.05) is 31.1 Å². The second-order valence-electron chi connectivity index (χ2n) is 15.7. The molecule has 2 N–H and O–H groups in total. The van der Waals surface area contributed by atoms with Crippen LogP contribution in [0.5, 0.6) is 0 Å². The monoisotopic (exact) mass is 738 g/mol. The molecule has 2 fully saturated rings. The lowest BCUT2D eigenvalue weighted by Gasteiger charge is -2.42. The maximum atomic E-state index is 14.6. The van der Waals surface area contributed by atoms with Crippen molar-refractivity contribution in [2.75, 3.05) is 32.7 Å². The van der Waals surface area contributed by atoms with Crippen LogP contribution in [0, 0.1) is 5.92 Å². The molecule has 0 radical (unpaired) electrons. The van der Waals surface area contributed by atoms with Gasteiger partial charge in [0.25, 0.3) is 6.02 Å².